The van der Waals surface area contributed by atoms with Gasteiger partial charge in [-0.15, -0.1) is 0 Å². The highest BCUT2D eigenvalue weighted by Gasteiger charge is 2.38. The van der Waals surface area contributed by atoms with E-state index in [4.69, 9.17) is 5.73 Å². The van der Waals surface area contributed by atoms with Gasteiger partial charge in [-0.2, -0.15) is 0 Å². The Morgan fingerprint density at radius 3 is 2.53 bits per heavy atom. The molecule has 2 aromatic carbocycles. The van der Waals surface area contributed by atoms with Crippen LogP contribution in [0.2, 0.25) is 0 Å². The van der Waals surface area contributed by atoms with E-state index in [0.717, 1.165) is 55.4 Å². The number of hydrogen-bond acceptors (Lipinski definition) is 7. The van der Waals surface area contributed by atoms with Crippen molar-refractivity contribution in [1.82, 2.24) is 15.0 Å². The number of pyridine rings is 1. The van der Waals surface area contributed by atoms with Crippen molar-refractivity contribution in [2.45, 2.75) is 19.8 Å². The Labute approximate surface area is 223 Å². The van der Waals surface area contributed by atoms with Gasteiger partial charge in [0.2, 0.25) is 5.95 Å². The summed E-state index contributed by atoms with van der Waals surface area (Å²) in [7, 11) is 2.05. The standard InChI is InChI=1S/C30H33N7O/c1-3-30(14-17-37(21-30)29-32-15-7-16-33-29)20-36(2)27-13-11-24(19-34-27)28(38)35-26-18-23(10-12-25(26)31)22-8-5-4-6-9-22/h4-13,15-16,18-19H,3,14,17,20-21,31H2,1-2H3,(H,35,38). The molecule has 0 aliphatic carbocycles. The Morgan fingerprint density at radius 1 is 1.03 bits per heavy atom. The lowest BCUT2D eigenvalue weighted by Crippen LogP contribution is -2.38. The molecule has 194 valence electrons. The predicted octanol–water partition coefficient (Wildman–Crippen LogP) is 5.12. The molecular weight excluding hydrogens is 474 g/mol. The Morgan fingerprint density at radius 2 is 1.82 bits per heavy atom. The summed E-state index contributed by atoms with van der Waals surface area (Å²) in [4.78, 5) is 30.9. The molecule has 3 heterocycles. The van der Waals surface area contributed by atoms with Crippen LogP contribution in [0.4, 0.5) is 23.1 Å². The zero-order chi connectivity index (χ0) is 26.5. The first kappa shape index (κ1) is 25.2. The Balaban J connectivity index is 1.24. The zero-order valence-electron chi connectivity index (χ0n) is 21.8. The van der Waals surface area contributed by atoms with E-state index in [1.54, 1.807) is 18.6 Å². The largest absolute Gasteiger partial charge is 0.397 e. The van der Waals surface area contributed by atoms with Crippen LogP contribution >= 0.6 is 0 Å². The van der Waals surface area contributed by atoms with Gasteiger partial charge in [0.25, 0.3) is 5.91 Å². The Hall–Kier alpha value is -4.46. The molecule has 5 rings (SSSR count). The normalized spacial score (nSPS) is 16.8. The van der Waals surface area contributed by atoms with Crippen LogP contribution in [0.15, 0.2) is 85.3 Å². The van der Waals surface area contributed by atoms with E-state index >= 15 is 0 Å². The molecule has 1 atom stereocenters. The minimum Gasteiger partial charge on any atom is -0.397 e. The number of anilines is 4. The molecule has 1 amide bonds. The van der Waals surface area contributed by atoms with Crippen molar-refractivity contribution in [3.05, 3.63) is 90.9 Å². The molecule has 8 nitrogen and oxygen atoms in total. The van der Waals surface area contributed by atoms with Gasteiger partial charge in [0, 0.05) is 50.7 Å². The van der Waals surface area contributed by atoms with Gasteiger partial charge in [-0.25, -0.2) is 15.0 Å². The Bertz CT molecular complexity index is 1380. The average Bonchev–Trinajstić information content (AvgIpc) is 3.39. The van der Waals surface area contributed by atoms with Crippen LogP contribution in [0.3, 0.4) is 0 Å². The van der Waals surface area contributed by atoms with E-state index < -0.39 is 0 Å². The minimum absolute atomic E-state index is 0.118. The van der Waals surface area contributed by atoms with Gasteiger partial charge >= 0.3 is 0 Å². The summed E-state index contributed by atoms with van der Waals surface area (Å²) in [5.74, 6) is 1.37. The highest BCUT2D eigenvalue weighted by molar-refractivity contribution is 6.06. The van der Waals surface area contributed by atoms with E-state index in [1.807, 2.05) is 66.7 Å². The summed E-state index contributed by atoms with van der Waals surface area (Å²) >= 11 is 0. The quantitative estimate of drug-likeness (QED) is 0.319. The fourth-order valence-corrected chi connectivity index (χ4v) is 5.09. The predicted molar refractivity (Wildman–Crippen MR) is 153 cm³/mol. The topological polar surface area (TPSA) is 100 Å². The number of aromatic nitrogens is 3. The van der Waals surface area contributed by atoms with Gasteiger partial charge in [-0.1, -0.05) is 43.3 Å². The maximum Gasteiger partial charge on any atom is 0.257 e. The molecular formula is C30H33N7O. The third kappa shape index (κ3) is 5.44. The first-order valence-electron chi connectivity index (χ1n) is 12.9. The van der Waals surface area contributed by atoms with Crippen molar-refractivity contribution >= 4 is 29.0 Å². The molecule has 0 spiro atoms. The van der Waals surface area contributed by atoms with Gasteiger partial charge in [0.15, 0.2) is 0 Å². The third-order valence-corrected chi connectivity index (χ3v) is 7.41. The molecule has 1 fully saturated rings. The average molecular weight is 508 g/mol. The van der Waals surface area contributed by atoms with E-state index in [1.165, 1.54) is 0 Å². The second kappa shape index (κ2) is 10.9. The highest BCUT2D eigenvalue weighted by atomic mass is 16.1. The van der Waals surface area contributed by atoms with E-state index in [0.29, 0.717) is 16.9 Å². The lowest BCUT2D eigenvalue weighted by Gasteiger charge is -2.33. The van der Waals surface area contributed by atoms with Crippen molar-refractivity contribution in [2.24, 2.45) is 5.41 Å². The lowest BCUT2D eigenvalue weighted by atomic mass is 9.84. The van der Waals surface area contributed by atoms with Crippen molar-refractivity contribution in [1.29, 1.82) is 0 Å². The van der Waals surface area contributed by atoms with Crippen molar-refractivity contribution in [2.75, 3.05) is 47.5 Å². The van der Waals surface area contributed by atoms with Crippen LogP contribution in [0.25, 0.3) is 11.1 Å². The zero-order valence-corrected chi connectivity index (χ0v) is 21.8. The summed E-state index contributed by atoms with van der Waals surface area (Å²) in [5.41, 5.74) is 9.89. The van der Waals surface area contributed by atoms with Crippen LogP contribution in [0, 0.1) is 5.41 Å². The molecule has 4 aromatic rings. The number of nitrogens with two attached hydrogens (primary N) is 1. The van der Waals surface area contributed by atoms with Gasteiger partial charge in [0.1, 0.15) is 5.82 Å². The third-order valence-electron chi connectivity index (χ3n) is 7.41. The molecule has 1 aliphatic heterocycles. The minimum atomic E-state index is -0.247. The fourth-order valence-electron chi connectivity index (χ4n) is 5.09. The fraction of sp³-hybridized carbons (Fsp3) is 0.267. The molecule has 1 saturated heterocycles. The molecule has 3 N–H and O–H groups in total. The van der Waals surface area contributed by atoms with Gasteiger partial charge in [-0.05, 0) is 54.3 Å². The van der Waals surface area contributed by atoms with Gasteiger partial charge in [0.05, 0.1) is 16.9 Å². The van der Waals surface area contributed by atoms with Crippen molar-refractivity contribution in [3.63, 3.8) is 0 Å². The van der Waals surface area contributed by atoms with Gasteiger partial charge in [-0.3, -0.25) is 4.79 Å². The van der Waals surface area contributed by atoms with E-state index in [-0.39, 0.29) is 11.3 Å². The second-order valence-corrected chi connectivity index (χ2v) is 9.96. The van der Waals surface area contributed by atoms with Crippen LogP contribution in [0.1, 0.15) is 30.1 Å². The molecule has 2 aromatic heterocycles. The lowest BCUT2D eigenvalue weighted by molar-refractivity contribution is 0.102. The first-order chi connectivity index (χ1) is 18.5. The van der Waals surface area contributed by atoms with Crippen LogP contribution < -0.4 is 20.9 Å². The van der Waals surface area contributed by atoms with Crippen LogP contribution in [-0.2, 0) is 0 Å². The summed E-state index contributed by atoms with van der Waals surface area (Å²) in [6.45, 7) is 4.94. The number of rotatable bonds is 8. The number of nitrogens with one attached hydrogen (secondary N) is 1. The first-order valence-corrected chi connectivity index (χ1v) is 12.9. The molecule has 0 bridgehead atoms. The number of amides is 1. The van der Waals surface area contributed by atoms with E-state index in [9.17, 15) is 4.79 Å². The molecule has 0 radical (unpaired) electrons. The smallest absolute Gasteiger partial charge is 0.257 e. The molecule has 1 aliphatic rings. The summed E-state index contributed by atoms with van der Waals surface area (Å²) in [5, 5.41) is 2.94. The number of carbonyl (C=O) groups is 1. The highest BCUT2D eigenvalue weighted by Crippen LogP contribution is 2.36. The van der Waals surface area contributed by atoms with Crippen LogP contribution in [0.5, 0.6) is 0 Å². The maximum atomic E-state index is 13.0. The van der Waals surface area contributed by atoms with Crippen LogP contribution in [-0.4, -0.2) is 47.5 Å². The number of nitrogens with zero attached hydrogens (tertiary/aromatic N) is 5. The summed E-state index contributed by atoms with van der Waals surface area (Å²) < 4.78 is 0. The summed E-state index contributed by atoms with van der Waals surface area (Å²) in [6, 6.07) is 21.2. The Kier molecular flexibility index (Phi) is 7.22. The van der Waals surface area contributed by atoms with Gasteiger partial charge < -0.3 is 20.9 Å². The molecule has 0 saturated carbocycles. The molecule has 8 heteroatoms. The molecule has 38 heavy (non-hydrogen) atoms. The monoisotopic (exact) mass is 507 g/mol. The van der Waals surface area contributed by atoms with E-state index in [2.05, 4.69) is 44.0 Å². The number of carbonyl (C=O) groups excluding carboxylic acids is 1. The number of benzene rings is 2. The summed E-state index contributed by atoms with van der Waals surface area (Å²) in [6.07, 6.45) is 7.31. The maximum absolute atomic E-state index is 13.0. The van der Waals surface area contributed by atoms with Crippen molar-refractivity contribution < 1.29 is 4.79 Å². The van der Waals surface area contributed by atoms with Crippen molar-refractivity contribution in [3.8, 4) is 11.1 Å². The second-order valence-electron chi connectivity index (χ2n) is 9.96. The molecule has 1 unspecified atom stereocenters. The number of hydrogen-bond donors (Lipinski definition) is 2. The number of nitrogen functional groups attached to an aromatic ring is 1. The SMILES string of the molecule is CCC1(CN(C)c2ccc(C(=O)Nc3cc(-c4ccccc4)ccc3N)cn2)CCN(c2ncccn2)C1.